The molecule has 0 saturated carbocycles. The molecule has 1 atom stereocenters. The number of hydrogen-bond donors (Lipinski definition) is 1. The van der Waals surface area contributed by atoms with Crippen LogP contribution in [0.4, 0.5) is 0 Å². The average Bonchev–Trinajstić information content (AvgIpc) is 2.79. The molecule has 0 spiro atoms. The zero-order valence-corrected chi connectivity index (χ0v) is 12.6. The SMILES string of the molecule is NCC1CCCN1CCOc1ccc(Cl)cc1Br. The van der Waals surface area contributed by atoms with Crippen LogP contribution in [0.3, 0.4) is 0 Å². The molecule has 1 saturated heterocycles. The molecule has 0 amide bonds. The van der Waals surface area contributed by atoms with Gasteiger partial charge in [-0.25, -0.2) is 0 Å². The standard InChI is InChI=1S/C13H18BrClN2O/c14-12-8-10(15)3-4-13(12)18-7-6-17-5-1-2-11(17)9-16/h3-4,8,11H,1-2,5-7,9,16H2. The van der Waals surface area contributed by atoms with Gasteiger partial charge in [-0.05, 0) is 53.5 Å². The molecule has 3 nitrogen and oxygen atoms in total. The van der Waals surface area contributed by atoms with Crippen molar-refractivity contribution in [3.63, 3.8) is 0 Å². The molecule has 1 aromatic rings. The molecule has 0 aliphatic carbocycles. The van der Waals surface area contributed by atoms with Crippen LogP contribution in [0, 0.1) is 0 Å². The molecule has 1 aliphatic rings. The number of nitrogens with two attached hydrogens (primary N) is 1. The van der Waals surface area contributed by atoms with E-state index in [4.69, 9.17) is 22.1 Å². The van der Waals surface area contributed by atoms with E-state index < -0.39 is 0 Å². The molecule has 18 heavy (non-hydrogen) atoms. The van der Waals surface area contributed by atoms with Crippen LogP contribution in [0.15, 0.2) is 22.7 Å². The summed E-state index contributed by atoms with van der Waals surface area (Å²) in [4.78, 5) is 2.41. The van der Waals surface area contributed by atoms with Gasteiger partial charge in [-0.2, -0.15) is 0 Å². The Hall–Kier alpha value is -0.290. The lowest BCUT2D eigenvalue weighted by molar-refractivity contribution is 0.199. The van der Waals surface area contributed by atoms with Gasteiger partial charge >= 0.3 is 0 Å². The normalized spacial score (nSPS) is 20.3. The summed E-state index contributed by atoms with van der Waals surface area (Å²) >= 11 is 9.33. The average molecular weight is 334 g/mol. The molecule has 100 valence electrons. The smallest absolute Gasteiger partial charge is 0.133 e. The van der Waals surface area contributed by atoms with Gasteiger partial charge in [-0.1, -0.05) is 11.6 Å². The van der Waals surface area contributed by atoms with Gasteiger partial charge in [0, 0.05) is 24.2 Å². The zero-order valence-electron chi connectivity index (χ0n) is 10.2. The summed E-state index contributed by atoms with van der Waals surface area (Å²) in [6, 6.07) is 6.09. The number of nitrogens with zero attached hydrogens (tertiary/aromatic N) is 1. The van der Waals surface area contributed by atoms with Crippen molar-refractivity contribution in [2.45, 2.75) is 18.9 Å². The molecule has 1 unspecified atom stereocenters. The lowest BCUT2D eigenvalue weighted by atomic mass is 10.2. The molecule has 5 heteroatoms. The highest BCUT2D eigenvalue weighted by Gasteiger charge is 2.22. The van der Waals surface area contributed by atoms with Gasteiger partial charge in [0.2, 0.25) is 0 Å². The topological polar surface area (TPSA) is 38.5 Å². The summed E-state index contributed by atoms with van der Waals surface area (Å²) in [5.74, 6) is 0.836. The third-order valence-corrected chi connectivity index (χ3v) is 4.16. The van der Waals surface area contributed by atoms with Gasteiger partial charge in [0.25, 0.3) is 0 Å². The predicted octanol–water partition coefficient (Wildman–Crippen LogP) is 2.90. The third-order valence-electron chi connectivity index (χ3n) is 3.30. The maximum atomic E-state index is 5.88. The summed E-state index contributed by atoms with van der Waals surface area (Å²) in [7, 11) is 0. The first-order chi connectivity index (χ1) is 8.70. The lowest BCUT2D eigenvalue weighted by Crippen LogP contribution is -2.37. The Labute approximate surface area is 121 Å². The fourth-order valence-electron chi connectivity index (χ4n) is 2.32. The maximum Gasteiger partial charge on any atom is 0.133 e. The quantitative estimate of drug-likeness (QED) is 0.900. The molecule has 2 rings (SSSR count). The molecule has 0 radical (unpaired) electrons. The Morgan fingerprint density at radius 1 is 1.50 bits per heavy atom. The van der Waals surface area contributed by atoms with Crippen LogP contribution in [0.1, 0.15) is 12.8 Å². The van der Waals surface area contributed by atoms with E-state index in [-0.39, 0.29) is 0 Å². The number of likely N-dealkylation sites (tertiary alicyclic amines) is 1. The Bertz CT molecular complexity index is 403. The summed E-state index contributed by atoms with van der Waals surface area (Å²) in [5, 5.41) is 0.706. The van der Waals surface area contributed by atoms with E-state index in [1.54, 1.807) is 0 Å². The predicted molar refractivity (Wildman–Crippen MR) is 78.3 cm³/mol. The number of halogens is 2. The van der Waals surface area contributed by atoms with Crippen molar-refractivity contribution < 1.29 is 4.74 Å². The van der Waals surface area contributed by atoms with Gasteiger partial charge in [-0.15, -0.1) is 0 Å². The molecule has 1 fully saturated rings. The third kappa shape index (κ3) is 3.60. The largest absolute Gasteiger partial charge is 0.491 e. The summed E-state index contributed by atoms with van der Waals surface area (Å²) < 4.78 is 6.65. The van der Waals surface area contributed by atoms with Gasteiger partial charge in [0.1, 0.15) is 12.4 Å². The van der Waals surface area contributed by atoms with Crippen LogP contribution in [0.5, 0.6) is 5.75 Å². The van der Waals surface area contributed by atoms with Crippen molar-refractivity contribution in [2.75, 3.05) is 26.2 Å². The Morgan fingerprint density at radius 3 is 3.06 bits per heavy atom. The Kier molecular flexibility index (Phi) is 5.30. The highest BCUT2D eigenvalue weighted by atomic mass is 79.9. The summed E-state index contributed by atoms with van der Waals surface area (Å²) in [5.41, 5.74) is 5.74. The van der Waals surface area contributed by atoms with Crippen LogP contribution < -0.4 is 10.5 Å². The van der Waals surface area contributed by atoms with E-state index in [2.05, 4.69) is 20.8 Å². The molecule has 0 bridgehead atoms. The molecule has 0 aromatic heterocycles. The van der Waals surface area contributed by atoms with E-state index in [1.165, 1.54) is 12.8 Å². The van der Waals surface area contributed by atoms with E-state index in [9.17, 15) is 0 Å². The minimum atomic E-state index is 0.530. The molecular formula is C13H18BrClN2O. The number of rotatable bonds is 5. The number of benzene rings is 1. The van der Waals surface area contributed by atoms with Crippen molar-refractivity contribution in [3.05, 3.63) is 27.7 Å². The van der Waals surface area contributed by atoms with Gasteiger partial charge in [0.15, 0.2) is 0 Å². The summed E-state index contributed by atoms with van der Waals surface area (Å²) in [6.07, 6.45) is 2.45. The second kappa shape index (κ2) is 6.75. The molecule has 1 heterocycles. The minimum absolute atomic E-state index is 0.530. The molecule has 2 N–H and O–H groups in total. The molecule has 1 aliphatic heterocycles. The van der Waals surface area contributed by atoms with Crippen molar-refractivity contribution in [2.24, 2.45) is 5.73 Å². The second-order valence-electron chi connectivity index (χ2n) is 4.49. The van der Waals surface area contributed by atoms with Crippen molar-refractivity contribution >= 4 is 27.5 Å². The van der Waals surface area contributed by atoms with Gasteiger partial charge in [-0.3, -0.25) is 4.90 Å². The first-order valence-corrected chi connectivity index (χ1v) is 7.40. The van der Waals surface area contributed by atoms with E-state index >= 15 is 0 Å². The van der Waals surface area contributed by atoms with Crippen molar-refractivity contribution in [3.8, 4) is 5.75 Å². The van der Waals surface area contributed by atoms with E-state index in [1.807, 2.05) is 18.2 Å². The van der Waals surface area contributed by atoms with Crippen molar-refractivity contribution in [1.29, 1.82) is 0 Å². The van der Waals surface area contributed by atoms with Gasteiger partial charge < -0.3 is 10.5 Å². The molecule has 1 aromatic carbocycles. The van der Waals surface area contributed by atoms with Crippen LogP contribution in [-0.2, 0) is 0 Å². The highest BCUT2D eigenvalue weighted by molar-refractivity contribution is 9.10. The van der Waals surface area contributed by atoms with Crippen LogP contribution >= 0.6 is 27.5 Å². The van der Waals surface area contributed by atoms with Crippen LogP contribution in [0.25, 0.3) is 0 Å². The Morgan fingerprint density at radius 2 is 2.33 bits per heavy atom. The van der Waals surface area contributed by atoms with Crippen LogP contribution in [0.2, 0.25) is 5.02 Å². The fourth-order valence-corrected chi connectivity index (χ4v) is 3.12. The fraction of sp³-hybridized carbons (Fsp3) is 0.538. The Balaban J connectivity index is 1.81. The number of hydrogen-bond acceptors (Lipinski definition) is 3. The zero-order chi connectivity index (χ0) is 13.0. The number of ether oxygens (including phenoxy) is 1. The first kappa shape index (κ1) is 14.1. The maximum absolute atomic E-state index is 5.88. The van der Waals surface area contributed by atoms with Crippen molar-refractivity contribution in [1.82, 2.24) is 4.90 Å². The van der Waals surface area contributed by atoms with Crippen LogP contribution in [-0.4, -0.2) is 37.2 Å². The second-order valence-corrected chi connectivity index (χ2v) is 5.78. The highest BCUT2D eigenvalue weighted by Crippen LogP contribution is 2.28. The van der Waals surface area contributed by atoms with Gasteiger partial charge in [0.05, 0.1) is 4.47 Å². The summed E-state index contributed by atoms with van der Waals surface area (Å²) in [6.45, 7) is 3.48. The lowest BCUT2D eigenvalue weighted by Gasteiger charge is -2.23. The van der Waals surface area contributed by atoms with E-state index in [0.29, 0.717) is 17.7 Å². The minimum Gasteiger partial charge on any atom is -0.491 e. The van der Waals surface area contributed by atoms with E-state index in [0.717, 1.165) is 29.9 Å². The first-order valence-electron chi connectivity index (χ1n) is 6.22. The monoisotopic (exact) mass is 332 g/mol. The molecular weight excluding hydrogens is 316 g/mol.